The average molecular weight is 479 g/mol. The summed E-state index contributed by atoms with van der Waals surface area (Å²) in [5, 5.41) is 6.50. The van der Waals surface area contributed by atoms with Crippen LogP contribution in [0.15, 0.2) is 39.8 Å². The van der Waals surface area contributed by atoms with Gasteiger partial charge in [-0.05, 0) is 38.0 Å². The molecule has 4 rings (SSSR count). The number of benzene rings is 1. The lowest BCUT2D eigenvalue weighted by Crippen LogP contribution is -2.43. The smallest absolute Gasteiger partial charge is 0.244 e. The van der Waals surface area contributed by atoms with Crippen molar-refractivity contribution in [1.82, 2.24) is 14.4 Å². The number of hydrogen-bond acceptors (Lipinski definition) is 7. The number of carbonyl (C=O) groups excluding carboxylic acids is 1. The van der Waals surface area contributed by atoms with E-state index in [2.05, 4.69) is 15.5 Å². The van der Waals surface area contributed by atoms with Gasteiger partial charge in [0.15, 0.2) is 0 Å². The van der Waals surface area contributed by atoms with Gasteiger partial charge in [0.1, 0.15) is 5.82 Å². The van der Waals surface area contributed by atoms with Crippen LogP contribution in [0.3, 0.4) is 0 Å². The minimum absolute atomic E-state index is 0.0371. The van der Waals surface area contributed by atoms with E-state index < -0.39 is 27.7 Å². The molecule has 0 bridgehead atoms. The van der Waals surface area contributed by atoms with Crippen LogP contribution in [0.25, 0.3) is 10.7 Å². The van der Waals surface area contributed by atoms with Gasteiger partial charge in [-0.25, -0.2) is 12.8 Å². The van der Waals surface area contributed by atoms with Crippen molar-refractivity contribution >= 4 is 33.0 Å². The third-order valence-electron chi connectivity index (χ3n) is 5.37. The summed E-state index contributed by atoms with van der Waals surface area (Å²) >= 11 is 1.28. The Labute approximate surface area is 189 Å². The van der Waals surface area contributed by atoms with E-state index in [1.54, 1.807) is 19.1 Å². The van der Waals surface area contributed by atoms with Crippen LogP contribution >= 0.6 is 11.3 Å². The summed E-state index contributed by atoms with van der Waals surface area (Å²) in [4.78, 5) is 18.4. The molecule has 32 heavy (non-hydrogen) atoms. The number of nitrogens with zero attached hydrogens (tertiary/aromatic N) is 3. The molecule has 11 heteroatoms. The summed E-state index contributed by atoms with van der Waals surface area (Å²) in [6.45, 7) is 3.98. The molecular weight excluding hydrogens is 455 g/mol. The monoisotopic (exact) mass is 478 g/mol. The van der Waals surface area contributed by atoms with Crippen LogP contribution in [-0.4, -0.2) is 41.9 Å². The number of sulfonamides is 1. The fourth-order valence-electron chi connectivity index (χ4n) is 3.64. The highest BCUT2D eigenvalue weighted by Crippen LogP contribution is 2.35. The number of amides is 1. The maximum absolute atomic E-state index is 13.9. The number of rotatable bonds is 6. The van der Waals surface area contributed by atoms with Crippen molar-refractivity contribution in [2.24, 2.45) is 5.92 Å². The lowest BCUT2D eigenvalue weighted by molar-refractivity contribution is -0.120. The standard InChI is InChI=1S/C21H23FN4O4S2/c1-3-19-24-20(25-30-19)17-11-18(13(2)31-17)32(28,29)26-10-6-7-14(12-26)21(27)23-16-9-5-4-8-15(16)22/h4-5,8-9,11,14H,3,6-7,10,12H2,1-2H3,(H,23,27)/t14-/m1/s1. The largest absolute Gasteiger partial charge is 0.339 e. The summed E-state index contributed by atoms with van der Waals surface area (Å²) in [6, 6.07) is 7.46. The van der Waals surface area contributed by atoms with Crippen LogP contribution < -0.4 is 5.32 Å². The second-order valence-electron chi connectivity index (χ2n) is 7.57. The summed E-state index contributed by atoms with van der Waals surface area (Å²) in [5.74, 6) is -0.653. The highest BCUT2D eigenvalue weighted by Gasteiger charge is 2.35. The van der Waals surface area contributed by atoms with Gasteiger partial charge in [0, 0.05) is 24.4 Å². The number of carbonyl (C=O) groups is 1. The van der Waals surface area contributed by atoms with Crippen molar-refractivity contribution in [1.29, 1.82) is 0 Å². The fraction of sp³-hybridized carbons (Fsp3) is 0.381. The van der Waals surface area contributed by atoms with Gasteiger partial charge >= 0.3 is 0 Å². The Kier molecular flexibility index (Phi) is 6.40. The van der Waals surface area contributed by atoms with Crippen molar-refractivity contribution in [3.8, 4) is 10.7 Å². The maximum Gasteiger partial charge on any atom is 0.244 e. The predicted molar refractivity (Wildman–Crippen MR) is 118 cm³/mol. The number of hydrogen-bond donors (Lipinski definition) is 1. The number of para-hydroxylation sites is 1. The first-order valence-corrected chi connectivity index (χ1v) is 12.5. The Bertz CT molecular complexity index is 1240. The maximum atomic E-state index is 13.9. The second-order valence-corrected chi connectivity index (χ2v) is 10.7. The minimum Gasteiger partial charge on any atom is -0.339 e. The fourth-order valence-corrected chi connectivity index (χ4v) is 6.65. The van der Waals surface area contributed by atoms with Gasteiger partial charge in [0.25, 0.3) is 0 Å². The first-order chi connectivity index (χ1) is 15.3. The molecule has 2 aromatic heterocycles. The third-order valence-corrected chi connectivity index (χ3v) is 8.53. The van der Waals surface area contributed by atoms with Gasteiger partial charge in [-0.3, -0.25) is 4.79 Å². The lowest BCUT2D eigenvalue weighted by Gasteiger charge is -2.31. The number of piperidine rings is 1. The topological polar surface area (TPSA) is 105 Å². The molecule has 0 radical (unpaired) electrons. The second kappa shape index (κ2) is 9.08. The number of aromatic nitrogens is 2. The lowest BCUT2D eigenvalue weighted by atomic mass is 9.98. The molecule has 3 heterocycles. The molecule has 1 saturated heterocycles. The van der Waals surface area contributed by atoms with E-state index in [0.717, 1.165) is 0 Å². The van der Waals surface area contributed by atoms with E-state index in [9.17, 15) is 17.6 Å². The summed E-state index contributed by atoms with van der Waals surface area (Å²) in [7, 11) is -3.82. The molecule has 1 aliphatic heterocycles. The van der Waals surface area contributed by atoms with Gasteiger partial charge in [0.05, 0.1) is 21.4 Å². The zero-order valence-electron chi connectivity index (χ0n) is 17.7. The molecule has 0 unspecified atom stereocenters. The Morgan fingerprint density at radius 3 is 2.88 bits per heavy atom. The zero-order chi connectivity index (χ0) is 22.9. The molecule has 1 amide bonds. The molecule has 0 spiro atoms. The van der Waals surface area contributed by atoms with Crippen molar-refractivity contribution < 1.29 is 22.1 Å². The number of nitrogens with one attached hydrogen (secondary N) is 1. The zero-order valence-corrected chi connectivity index (χ0v) is 19.3. The highest BCUT2D eigenvalue weighted by atomic mass is 32.2. The SMILES string of the molecule is CCc1nc(-c2cc(S(=O)(=O)N3CCC[C@@H](C(=O)Nc4ccccc4F)C3)c(C)s2)no1. The van der Waals surface area contributed by atoms with Crippen LogP contribution in [-0.2, 0) is 21.2 Å². The molecule has 1 aromatic carbocycles. The number of thiophene rings is 1. The Balaban J connectivity index is 1.52. The molecule has 8 nitrogen and oxygen atoms in total. The molecule has 170 valence electrons. The van der Waals surface area contributed by atoms with Gasteiger partial charge in [-0.1, -0.05) is 24.2 Å². The normalized spacial score (nSPS) is 17.4. The molecule has 1 atom stereocenters. The quantitative estimate of drug-likeness (QED) is 0.577. The van der Waals surface area contributed by atoms with E-state index in [4.69, 9.17) is 4.52 Å². The van der Waals surface area contributed by atoms with Gasteiger partial charge in [0.2, 0.25) is 27.6 Å². The molecule has 3 aromatic rings. The summed E-state index contributed by atoms with van der Waals surface area (Å²) in [6.07, 6.45) is 1.66. The Morgan fingerprint density at radius 1 is 1.38 bits per heavy atom. The average Bonchev–Trinajstić information content (AvgIpc) is 3.42. The molecule has 1 aliphatic rings. The van der Waals surface area contributed by atoms with Gasteiger partial charge in [-0.2, -0.15) is 9.29 Å². The van der Waals surface area contributed by atoms with Crippen molar-refractivity contribution in [3.05, 3.63) is 46.9 Å². The van der Waals surface area contributed by atoms with E-state index in [-0.39, 0.29) is 17.1 Å². The Morgan fingerprint density at radius 2 is 2.16 bits per heavy atom. The number of aryl methyl sites for hydroxylation is 2. The van der Waals surface area contributed by atoms with Crippen molar-refractivity contribution in [2.75, 3.05) is 18.4 Å². The van der Waals surface area contributed by atoms with Crippen LogP contribution in [0.1, 0.15) is 30.5 Å². The van der Waals surface area contributed by atoms with Gasteiger partial charge < -0.3 is 9.84 Å². The number of halogens is 1. The van der Waals surface area contributed by atoms with E-state index in [0.29, 0.717) is 47.3 Å². The van der Waals surface area contributed by atoms with Crippen molar-refractivity contribution in [3.63, 3.8) is 0 Å². The van der Waals surface area contributed by atoms with Crippen LogP contribution in [0, 0.1) is 18.7 Å². The third kappa shape index (κ3) is 4.45. The molecule has 1 N–H and O–H groups in total. The molecule has 0 saturated carbocycles. The molecule has 0 aliphatic carbocycles. The summed E-state index contributed by atoms with van der Waals surface area (Å²) in [5.41, 5.74) is 0.0855. The molecular formula is C21H23FN4O4S2. The van der Waals surface area contributed by atoms with Crippen LogP contribution in [0.5, 0.6) is 0 Å². The highest BCUT2D eigenvalue weighted by molar-refractivity contribution is 7.89. The predicted octanol–water partition coefficient (Wildman–Crippen LogP) is 3.85. The molecule has 1 fully saturated rings. The van der Waals surface area contributed by atoms with Crippen molar-refractivity contribution in [2.45, 2.75) is 38.0 Å². The van der Waals surface area contributed by atoms with E-state index in [1.807, 2.05) is 6.92 Å². The first-order valence-electron chi connectivity index (χ1n) is 10.3. The van der Waals surface area contributed by atoms with E-state index >= 15 is 0 Å². The van der Waals surface area contributed by atoms with Crippen LogP contribution in [0.4, 0.5) is 10.1 Å². The van der Waals surface area contributed by atoms with Gasteiger partial charge in [-0.15, -0.1) is 11.3 Å². The number of anilines is 1. The van der Waals surface area contributed by atoms with E-state index in [1.165, 1.54) is 33.8 Å². The van der Waals surface area contributed by atoms with Crippen LogP contribution in [0.2, 0.25) is 0 Å². The minimum atomic E-state index is -3.82. The Hall–Kier alpha value is -2.63. The first kappa shape index (κ1) is 22.6. The summed E-state index contributed by atoms with van der Waals surface area (Å²) < 4.78 is 47.1.